The summed E-state index contributed by atoms with van der Waals surface area (Å²) in [5.74, 6) is 0. The number of carbonyl (C=O) groups excluding carboxylic acids is 1. The van der Waals surface area contributed by atoms with Crippen LogP contribution in [0.4, 0.5) is 4.79 Å². The Balaban J connectivity index is 0.000000847. The van der Waals surface area contributed by atoms with E-state index in [1.54, 1.807) is 0 Å². The SMILES string of the molecule is CC.Cc1nn(C)c2c1C1CCC(C2)N1C(=O)OC(C)(C)C. The highest BCUT2D eigenvalue weighted by Crippen LogP contribution is 2.45. The first-order valence-electron chi connectivity index (χ1n) is 8.31. The minimum absolute atomic E-state index is 0.146. The summed E-state index contributed by atoms with van der Waals surface area (Å²) in [6.07, 6.45) is 2.78. The molecule has 0 aromatic carbocycles. The number of amides is 1. The third-order valence-corrected chi connectivity index (χ3v) is 4.26. The Bertz CT molecular complexity index is 557. The van der Waals surface area contributed by atoms with E-state index in [-0.39, 0.29) is 18.2 Å². The van der Waals surface area contributed by atoms with E-state index in [0.29, 0.717) is 0 Å². The number of carbonyl (C=O) groups is 1. The predicted octanol–water partition coefficient (Wildman–Crippen LogP) is 3.75. The lowest BCUT2D eigenvalue weighted by molar-refractivity contribution is 0.0122. The third-order valence-electron chi connectivity index (χ3n) is 4.26. The monoisotopic (exact) mass is 307 g/mol. The fourth-order valence-electron chi connectivity index (χ4n) is 3.58. The van der Waals surface area contributed by atoms with Crippen LogP contribution in [-0.2, 0) is 18.2 Å². The number of rotatable bonds is 0. The number of fused-ring (bicyclic) bond motifs is 4. The van der Waals surface area contributed by atoms with Gasteiger partial charge >= 0.3 is 6.09 Å². The molecule has 5 nitrogen and oxygen atoms in total. The Hall–Kier alpha value is -1.52. The molecule has 2 bridgehead atoms. The zero-order valence-corrected chi connectivity index (χ0v) is 14.9. The zero-order valence-electron chi connectivity index (χ0n) is 14.9. The van der Waals surface area contributed by atoms with Crippen molar-refractivity contribution < 1.29 is 9.53 Å². The van der Waals surface area contributed by atoms with Crippen LogP contribution in [0.25, 0.3) is 0 Å². The maximum atomic E-state index is 12.5. The van der Waals surface area contributed by atoms with E-state index in [4.69, 9.17) is 4.74 Å². The van der Waals surface area contributed by atoms with Crippen LogP contribution in [0.2, 0.25) is 0 Å². The van der Waals surface area contributed by atoms with Gasteiger partial charge in [0.25, 0.3) is 0 Å². The van der Waals surface area contributed by atoms with Crippen molar-refractivity contribution >= 4 is 6.09 Å². The Kier molecular flexibility index (Phi) is 4.54. The van der Waals surface area contributed by atoms with Gasteiger partial charge in [0.2, 0.25) is 0 Å². The van der Waals surface area contributed by atoms with Crippen molar-refractivity contribution in [3.63, 3.8) is 0 Å². The standard InChI is InChI=1S/C15H23N3O2.C2H6/c1-9-13-11-7-6-10(8-12(13)17(5)16-9)18(11)14(19)20-15(2,3)4;1-2/h10-11H,6-8H2,1-5H3;1-2H3. The summed E-state index contributed by atoms with van der Waals surface area (Å²) in [6.45, 7) is 11.8. The fourth-order valence-corrected chi connectivity index (χ4v) is 3.58. The second-order valence-corrected chi connectivity index (χ2v) is 6.91. The van der Waals surface area contributed by atoms with Gasteiger partial charge in [-0.2, -0.15) is 5.10 Å². The molecule has 2 aliphatic heterocycles. The first kappa shape index (κ1) is 16.8. The minimum atomic E-state index is -0.444. The van der Waals surface area contributed by atoms with Crippen LogP contribution in [0, 0.1) is 6.92 Å². The van der Waals surface area contributed by atoms with Crippen LogP contribution in [0.3, 0.4) is 0 Å². The summed E-state index contributed by atoms with van der Waals surface area (Å²) in [5.41, 5.74) is 3.13. The second kappa shape index (κ2) is 5.94. The van der Waals surface area contributed by atoms with Crippen molar-refractivity contribution in [1.82, 2.24) is 14.7 Å². The number of ether oxygens (including phenoxy) is 1. The molecule has 1 aromatic heterocycles. The molecular weight excluding hydrogens is 278 g/mol. The molecule has 0 aliphatic carbocycles. The molecule has 0 spiro atoms. The van der Waals surface area contributed by atoms with Gasteiger partial charge in [0, 0.05) is 30.8 Å². The highest BCUT2D eigenvalue weighted by atomic mass is 16.6. The van der Waals surface area contributed by atoms with Gasteiger partial charge in [0.15, 0.2) is 0 Å². The van der Waals surface area contributed by atoms with Gasteiger partial charge in [0.1, 0.15) is 5.60 Å². The van der Waals surface area contributed by atoms with Crippen LogP contribution in [-0.4, -0.2) is 32.4 Å². The molecule has 0 saturated carbocycles. The van der Waals surface area contributed by atoms with Crippen molar-refractivity contribution in [3.05, 3.63) is 17.0 Å². The minimum Gasteiger partial charge on any atom is -0.444 e. The van der Waals surface area contributed by atoms with Crippen LogP contribution in [0.15, 0.2) is 0 Å². The van der Waals surface area contributed by atoms with E-state index < -0.39 is 5.60 Å². The van der Waals surface area contributed by atoms with Gasteiger partial charge in [-0.05, 0) is 40.5 Å². The predicted molar refractivity (Wildman–Crippen MR) is 86.8 cm³/mol. The van der Waals surface area contributed by atoms with Gasteiger partial charge in [-0.15, -0.1) is 0 Å². The highest BCUT2D eigenvalue weighted by Gasteiger charge is 2.46. The molecule has 2 unspecified atom stereocenters. The van der Waals surface area contributed by atoms with Crippen molar-refractivity contribution in [3.8, 4) is 0 Å². The molecular formula is C17H29N3O2. The molecule has 1 fully saturated rings. The van der Waals surface area contributed by atoms with E-state index in [0.717, 1.165) is 25.0 Å². The quantitative estimate of drug-likeness (QED) is 0.733. The van der Waals surface area contributed by atoms with Crippen LogP contribution in [0.5, 0.6) is 0 Å². The molecule has 0 N–H and O–H groups in total. The van der Waals surface area contributed by atoms with E-state index in [1.807, 2.05) is 58.2 Å². The maximum absolute atomic E-state index is 12.5. The van der Waals surface area contributed by atoms with Gasteiger partial charge in [-0.25, -0.2) is 4.79 Å². The van der Waals surface area contributed by atoms with Gasteiger partial charge in [0.05, 0.1) is 11.7 Å². The van der Waals surface area contributed by atoms with Gasteiger partial charge in [-0.3, -0.25) is 9.58 Å². The molecule has 0 radical (unpaired) electrons. The zero-order chi connectivity index (χ0) is 16.7. The second-order valence-electron chi connectivity index (χ2n) is 6.91. The largest absolute Gasteiger partial charge is 0.444 e. The van der Waals surface area contributed by atoms with E-state index in [1.165, 1.54) is 11.3 Å². The first-order valence-corrected chi connectivity index (χ1v) is 8.31. The van der Waals surface area contributed by atoms with Crippen molar-refractivity contribution in [1.29, 1.82) is 0 Å². The Morgan fingerprint density at radius 2 is 1.91 bits per heavy atom. The van der Waals surface area contributed by atoms with E-state index in [2.05, 4.69) is 5.10 Å². The van der Waals surface area contributed by atoms with E-state index in [9.17, 15) is 4.79 Å². The number of nitrogens with zero attached hydrogens (tertiary/aromatic N) is 3. The molecule has 124 valence electrons. The van der Waals surface area contributed by atoms with Gasteiger partial charge in [-0.1, -0.05) is 13.8 Å². The van der Waals surface area contributed by atoms with Crippen LogP contribution < -0.4 is 0 Å². The molecule has 1 saturated heterocycles. The topological polar surface area (TPSA) is 47.4 Å². The summed E-state index contributed by atoms with van der Waals surface area (Å²) in [4.78, 5) is 14.4. The normalized spacial score (nSPS) is 22.8. The molecule has 3 rings (SSSR count). The summed E-state index contributed by atoms with van der Waals surface area (Å²) in [7, 11) is 1.99. The molecule has 3 heterocycles. The van der Waals surface area contributed by atoms with Crippen molar-refractivity contribution in [2.75, 3.05) is 0 Å². The molecule has 2 aliphatic rings. The molecule has 1 amide bonds. The van der Waals surface area contributed by atoms with E-state index >= 15 is 0 Å². The summed E-state index contributed by atoms with van der Waals surface area (Å²) >= 11 is 0. The molecule has 22 heavy (non-hydrogen) atoms. The maximum Gasteiger partial charge on any atom is 0.411 e. The summed E-state index contributed by atoms with van der Waals surface area (Å²) in [6, 6.07) is 0.407. The van der Waals surface area contributed by atoms with Crippen molar-refractivity contribution in [2.24, 2.45) is 7.05 Å². The average molecular weight is 307 g/mol. The Labute approximate surface area is 133 Å². The Morgan fingerprint density at radius 3 is 2.50 bits per heavy atom. The number of hydrogen-bond acceptors (Lipinski definition) is 3. The molecule has 2 atom stereocenters. The van der Waals surface area contributed by atoms with Crippen LogP contribution in [0.1, 0.15) is 70.5 Å². The van der Waals surface area contributed by atoms with Gasteiger partial charge < -0.3 is 4.74 Å². The average Bonchev–Trinajstić information content (AvgIpc) is 2.87. The summed E-state index contributed by atoms with van der Waals surface area (Å²) in [5, 5.41) is 4.52. The Morgan fingerprint density at radius 1 is 1.27 bits per heavy atom. The lowest BCUT2D eigenvalue weighted by Gasteiger charge is -2.36. The number of aromatic nitrogens is 2. The summed E-state index contributed by atoms with van der Waals surface area (Å²) < 4.78 is 7.55. The molecule has 5 heteroatoms. The van der Waals surface area contributed by atoms with Crippen LogP contribution >= 0.6 is 0 Å². The fraction of sp³-hybridized carbons (Fsp3) is 0.765. The lowest BCUT2D eigenvalue weighted by atomic mass is 9.98. The highest BCUT2D eigenvalue weighted by molar-refractivity contribution is 5.70. The molecule has 1 aromatic rings. The first-order chi connectivity index (χ1) is 10.3. The number of hydrogen-bond donors (Lipinski definition) is 0. The third kappa shape index (κ3) is 2.85. The smallest absolute Gasteiger partial charge is 0.411 e. The lowest BCUT2D eigenvalue weighted by Crippen LogP contribution is -2.44. The number of aryl methyl sites for hydroxylation is 2. The van der Waals surface area contributed by atoms with Crippen molar-refractivity contribution in [2.45, 2.75) is 78.5 Å².